The second-order valence-corrected chi connectivity index (χ2v) is 10.4. The molecule has 14 heteroatoms. The Balaban J connectivity index is 1.57. The number of carboxylic acid groups (broad SMARTS) is 1. The normalized spacial score (nSPS) is 13.3. The molecule has 2 heterocycles. The SMILES string of the molecule is COc1cc(NC(C(=O)N2CCc3ccc(C(F)(F)F)cc32)c2ccc(Cl)cc2OCCCC(=O)O)cc(-n2cncn2)c1. The highest BCUT2D eigenvalue weighted by Gasteiger charge is 2.36. The summed E-state index contributed by atoms with van der Waals surface area (Å²) >= 11 is 6.27. The van der Waals surface area contributed by atoms with Crippen molar-refractivity contribution in [2.24, 2.45) is 0 Å². The van der Waals surface area contributed by atoms with Gasteiger partial charge in [-0.3, -0.25) is 9.59 Å². The van der Waals surface area contributed by atoms with Crippen LogP contribution in [-0.4, -0.2) is 52.0 Å². The highest BCUT2D eigenvalue weighted by atomic mass is 35.5. The van der Waals surface area contributed by atoms with Crippen LogP contribution in [0.25, 0.3) is 5.69 Å². The second kappa shape index (κ2) is 12.8. The number of nitrogens with zero attached hydrogens (tertiary/aromatic N) is 4. The van der Waals surface area contributed by atoms with Gasteiger partial charge in [0.1, 0.15) is 30.2 Å². The zero-order valence-electron chi connectivity index (χ0n) is 23.3. The van der Waals surface area contributed by atoms with E-state index in [2.05, 4.69) is 15.4 Å². The lowest BCUT2D eigenvalue weighted by atomic mass is 10.0. The van der Waals surface area contributed by atoms with Crippen LogP contribution in [0.4, 0.5) is 24.5 Å². The average molecular weight is 630 g/mol. The molecular weight excluding hydrogens is 603 g/mol. The molecule has 0 spiro atoms. The van der Waals surface area contributed by atoms with E-state index in [1.807, 2.05) is 0 Å². The number of amides is 1. The minimum Gasteiger partial charge on any atom is -0.497 e. The lowest BCUT2D eigenvalue weighted by Crippen LogP contribution is -2.37. The summed E-state index contributed by atoms with van der Waals surface area (Å²) in [6.45, 7) is 0.190. The van der Waals surface area contributed by atoms with Crippen molar-refractivity contribution in [1.29, 1.82) is 0 Å². The van der Waals surface area contributed by atoms with E-state index in [-0.39, 0.29) is 37.4 Å². The fraction of sp³-hybridized carbons (Fsp3) is 0.267. The summed E-state index contributed by atoms with van der Waals surface area (Å²) in [7, 11) is 1.48. The van der Waals surface area contributed by atoms with Crippen molar-refractivity contribution in [3.63, 3.8) is 0 Å². The van der Waals surface area contributed by atoms with E-state index in [1.54, 1.807) is 30.3 Å². The maximum Gasteiger partial charge on any atom is 0.416 e. The molecule has 230 valence electrons. The number of nitrogens with one attached hydrogen (secondary N) is 1. The first kappa shape index (κ1) is 30.7. The molecule has 1 aliphatic heterocycles. The molecule has 5 rings (SSSR count). The summed E-state index contributed by atoms with van der Waals surface area (Å²) in [6.07, 6.45) is -1.29. The Morgan fingerprint density at radius 2 is 1.95 bits per heavy atom. The largest absolute Gasteiger partial charge is 0.497 e. The molecule has 0 saturated carbocycles. The van der Waals surface area contributed by atoms with E-state index >= 15 is 0 Å². The Bertz CT molecular complexity index is 1670. The topological polar surface area (TPSA) is 119 Å². The van der Waals surface area contributed by atoms with Crippen molar-refractivity contribution in [2.45, 2.75) is 31.5 Å². The number of hydrogen-bond donors (Lipinski definition) is 2. The smallest absolute Gasteiger partial charge is 0.416 e. The highest BCUT2D eigenvalue weighted by molar-refractivity contribution is 6.30. The number of rotatable bonds is 11. The number of halogens is 4. The van der Waals surface area contributed by atoms with Crippen LogP contribution < -0.4 is 19.7 Å². The Morgan fingerprint density at radius 1 is 1.14 bits per heavy atom. The van der Waals surface area contributed by atoms with Gasteiger partial charge in [-0.25, -0.2) is 9.67 Å². The second-order valence-electron chi connectivity index (χ2n) is 9.95. The summed E-state index contributed by atoms with van der Waals surface area (Å²) in [4.78, 5) is 30.7. The van der Waals surface area contributed by atoms with Gasteiger partial charge in [-0.1, -0.05) is 23.7 Å². The molecule has 0 fully saturated rings. The van der Waals surface area contributed by atoms with Gasteiger partial charge in [0.15, 0.2) is 0 Å². The van der Waals surface area contributed by atoms with Crippen LogP contribution in [0, 0.1) is 0 Å². The first-order chi connectivity index (χ1) is 21.0. The maximum absolute atomic E-state index is 14.4. The van der Waals surface area contributed by atoms with Gasteiger partial charge in [0.25, 0.3) is 5.91 Å². The number of methoxy groups -OCH3 is 1. The molecule has 44 heavy (non-hydrogen) atoms. The number of carboxylic acids is 1. The Kier molecular flexibility index (Phi) is 8.95. The number of fused-ring (bicyclic) bond motifs is 1. The number of alkyl halides is 3. The molecule has 1 atom stereocenters. The predicted octanol–water partition coefficient (Wildman–Crippen LogP) is 5.93. The number of ether oxygens (including phenoxy) is 2. The monoisotopic (exact) mass is 629 g/mol. The van der Waals surface area contributed by atoms with Gasteiger partial charge in [-0.15, -0.1) is 0 Å². The molecule has 1 aliphatic rings. The van der Waals surface area contributed by atoms with Gasteiger partial charge < -0.3 is 24.8 Å². The third kappa shape index (κ3) is 6.88. The van der Waals surface area contributed by atoms with Gasteiger partial charge in [0.05, 0.1) is 25.0 Å². The van der Waals surface area contributed by atoms with Crippen molar-refractivity contribution >= 4 is 34.9 Å². The minimum atomic E-state index is -4.59. The minimum absolute atomic E-state index is 0.0254. The zero-order chi connectivity index (χ0) is 31.4. The molecular formula is C30H27ClF3N5O5. The first-order valence-electron chi connectivity index (χ1n) is 13.5. The summed E-state index contributed by atoms with van der Waals surface area (Å²) in [6, 6.07) is 11.9. The maximum atomic E-state index is 14.4. The number of hydrogen-bond acceptors (Lipinski definition) is 7. The molecule has 1 amide bonds. The Hall–Kier alpha value is -4.78. The van der Waals surface area contributed by atoms with Crippen LogP contribution >= 0.6 is 11.6 Å². The fourth-order valence-electron chi connectivity index (χ4n) is 4.92. The summed E-state index contributed by atoms with van der Waals surface area (Å²) < 4.78 is 53.7. The van der Waals surface area contributed by atoms with Crippen molar-refractivity contribution in [3.05, 3.63) is 89.0 Å². The molecule has 1 aromatic heterocycles. The molecule has 1 unspecified atom stereocenters. The molecule has 4 aromatic rings. The van der Waals surface area contributed by atoms with Gasteiger partial charge in [0.2, 0.25) is 0 Å². The molecule has 0 aliphatic carbocycles. The van der Waals surface area contributed by atoms with Crippen LogP contribution in [-0.2, 0) is 22.2 Å². The summed E-state index contributed by atoms with van der Waals surface area (Å²) in [5.74, 6) is -0.862. The summed E-state index contributed by atoms with van der Waals surface area (Å²) in [5, 5.41) is 16.7. The fourth-order valence-corrected chi connectivity index (χ4v) is 5.08. The lowest BCUT2D eigenvalue weighted by Gasteiger charge is -2.28. The van der Waals surface area contributed by atoms with Crippen molar-refractivity contribution in [1.82, 2.24) is 14.8 Å². The molecule has 0 saturated heterocycles. The van der Waals surface area contributed by atoms with Crippen molar-refractivity contribution in [3.8, 4) is 17.2 Å². The number of carbonyl (C=O) groups is 2. The number of aliphatic carboxylic acids is 1. The molecule has 2 N–H and O–H groups in total. The zero-order valence-corrected chi connectivity index (χ0v) is 24.1. The first-order valence-corrected chi connectivity index (χ1v) is 13.9. The standard InChI is InChI=1S/C30H27ClF3N5O5/c1-43-23-14-21(13-22(15-23)39-17-35-16-36-39)37-28(24-7-6-20(31)12-26(24)44-10-2-3-27(40)41)29(42)38-9-8-18-4-5-19(11-25(18)38)30(32,33)34/h4-7,11-17,28,37H,2-3,8-10H2,1H3,(H,40,41). The Labute approximate surface area is 255 Å². The quantitative estimate of drug-likeness (QED) is 0.196. The lowest BCUT2D eigenvalue weighted by molar-refractivity contribution is -0.138. The number of aromatic nitrogens is 3. The van der Waals surface area contributed by atoms with E-state index in [0.29, 0.717) is 39.7 Å². The number of benzene rings is 3. The van der Waals surface area contributed by atoms with Gasteiger partial charge >= 0.3 is 12.1 Å². The van der Waals surface area contributed by atoms with E-state index in [9.17, 15) is 22.8 Å². The predicted molar refractivity (Wildman–Crippen MR) is 156 cm³/mol. The third-order valence-electron chi connectivity index (χ3n) is 7.02. The van der Waals surface area contributed by atoms with E-state index < -0.39 is 29.7 Å². The summed E-state index contributed by atoms with van der Waals surface area (Å²) in [5.41, 5.74) is 1.27. The molecule has 0 radical (unpaired) electrons. The van der Waals surface area contributed by atoms with E-state index in [1.165, 1.54) is 41.5 Å². The van der Waals surface area contributed by atoms with Crippen molar-refractivity contribution < 1.29 is 37.3 Å². The highest BCUT2D eigenvalue weighted by Crippen LogP contribution is 2.39. The van der Waals surface area contributed by atoms with Gasteiger partial charge in [-0.05, 0) is 48.7 Å². The number of carbonyl (C=O) groups excluding carboxylic acids is 1. The van der Waals surface area contributed by atoms with E-state index in [4.69, 9.17) is 26.2 Å². The Morgan fingerprint density at radius 3 is 2.66 bits per heavy atom. The average Bonchev–Trinajstić information content (AvgIpc) is 3.68. The molecule has 0 bridgehead atoms. The van der Waals surface area contributed by atoms with Crippen LogP contribution in [0.3, 0.4) is 0 Å². The van der Waals surface area contributed by atoms with Crippen LogP contribution in [0.2, 0.25) is 5.02 Å². The molecule has 3 aromatic carbocycles. The molecule has 10 nitrogen and oxygen atoms in total. The van der Waals surface area contributed by atoms with Gasteiger partial charge in [-0.2, -0.15) is 18.3 Å². The number of anilines is 2. The van der Waals surface area contributed by atoms with E-state index in [0.717, 1.165) is 12.1 Å². The van der Waals surface area contributed by atoms with Crippen molar-refractivity contribution in [2.75, 3.05) is 30.5 Å². The van der Waals surface area contributed by atoms with Crippen LogP contribution in [0.1, 0.15) is 35.6 Å². The van der Waals surface area contributed by atoms with Crippen LogP contribution in [0.5, 0.6) is 11.5 Å². The third-order valence-corrected chi connectivity index (χ3v) is 7.26. The van der Waals surface area contributed by atoms with Crippen LogP contribution in [0.15, 0.2) is 67.3 Å². The van der Waals surface area contributed by atoms with Gasteiger partial charge in [0, 0.05) is 47.1 Å².